The number of nitrogens with zero attached hydrogens (tertiary/aromatic N) is 1. The third-order valence-corrected chi connectivity index (χ3v) is 5.00. The minimum Gasteiger partial charge on any atom is -0.435 e. The highest BCUT2D eigenvalue weighted by Crippen LogP contribution is 2.37. The Labute approximate surface area is 150 Å². The molecule has 5 heteroatoms. The van der Waals surface area contributed by atoms with Crippen molar-refractivity contribution < 1.29 is 9.47 Å². The molecule has 0 saturated heterocycles. The van der Waals surface area contributed by atoms with Crippen LogP contribution in [0.4, 0.5) is 0 Å². The van der Waals surface area contributed by atoms with Crippen molar-refractivity contribution in [3.63, 3.8) is 0 Å². The highest BCUT2D eigenvalue weighted by atomic mass is 16.5. The maximum atomic E-state index is 5.30. The van der Waals surface area contributed by atoms with Crippen LogP contribution in [0.2, 0.25) is 0 Å². The Balaban J connectivity index is 1.76. The van der Waals surface area contributed by atoms with Crippen molar-refractivity contribution in [2.24, 2.45) is 0 Å². The Morgan fingerprint density at radius 1 is 0.731 bits per heavy atom. The molecule has 0 amide bonds. The van der Waals surface area contributed by atoms with E-state index < -0.39 is 0 Å². The number of amidine groups is 2. The molecule has 0 bridgehead atoms. The maximum Gasteiger partial charge on any atom is 0.489 e. The molecule has 5 rings (SSSR count). The van der Waals surface area contributed by atoms with Crippen molar-refractivity contribution in [1.29, 1.82) is 0 Å². The summed E-state index contributed by atoms with van der Waals surface area (Å²) in [7, 11) is 3.18. The standard InChI is InChI=1S/C21H17N3O2/c1-25-20-22-19(23-21(24-20)26-2)16-11-9-14-7-6-12-4-3-5-13-8-10-15(16)18(14)17(12)13/h3-11,19H,1-2H3,(H,22,23,24)/p+1. The van der Waals surface area contributed by atoms with Gasteiger partial charge in [-0.2, -0.15) is 4.67 Å². The molecule has 0 spiro atoms. The maximum absolute atomic E-state index is 5.30. The summed E-state index contributed by atoms with van der Waals surface area (Å²) in [6, 6.07) is 20.3. The van der Waals surface area contributed by atoms with E-state index >= 15 is 0 Å². The van der Waals surface area contributed by atoms with Crippen molar-refractivity contribution in [1.82, 2.24) is 15.3 Å². The van der Waals surface area contributed by atoms with Gasteiger partial charge >= 0.3 is 12.0 Å². The monoisotopic (exact) mass is 344 g/mol. The van der Waals surface area contributed by atoms with E-state index in [2.05, 4.69) is 69.9 Å². The van der Waals surface area contributed by atoms with Crippen LogP contribution in [-0.4, -0.2) is 26.3 Å². The normalized spacial score (nSPS) is 14.8. The Kier molecular flexibility index (Phi) is 3.17. The summed E-state index contributed by atoms with van der Waals surface area (Å²) in [5.41, 5.74) is 1.12. The molecule has 0 radical (unpaired) electrons. The van der Waals surface area contributed by atoms with Crippen LogP contribution in [-0.2, 0) is 9.47 Å². The lowest BCUT2D eigenvalue weighted by Gasteiger charge is -2.20. The highest BCUT2D eigenvalue weighted by molar-refractivity contribution is 6.23. The molecule has 128 valence electrons. The van der Waals surface area contributed by atoms with Gasteiger partial charge in [0.2, 0.25) is 6.17 Å². The largest absolute Gasteiger partial charge is 0.489 e. The zero-order valence-electron chi connectivity index (χ0n) is 14.5. The molecule has 26 heavy (non-hydrogen) atoms. The molecular weight excluding hydrogens is 326 g/mol. The second-order valence-electron chi connectivity index (χ2n) is 6.36. The lowest BCUT2D eigenvalue weighted by Crippen LogP contribution is -2.49. The zero-order valence-corrected chi connectivity index (χ0v) is 14.5. The summed E-state index contributed by atoms with van der Waals surface area (Å²) in [6.45, 7) is 0. The van der Waals surface area contributed by atoms with Crippen molar-refractivity contribution in [2.45, 2.75) is 6.17 Å². The van der Waals surface area contributed by atoms with Crippen LogP contribution < -0.4 is 15.3 Å². The number of rotatable bonds is 1. The average Bonchev–Trinajstić information content (AvgIpc) is 2.71. The molecule has 0 aromatic heterocycles. The fourth-order valence-corrected chi connectivity index (χ4v) is 3.81. The highest BCUT2D eigenvalue weighted by Gasteiger charge is 2.30. The van der Waals surface area contributed by atoms with E-state index in [1.54, 1.807) is 14.2 Å². The van der Waals surface area contributed by atoms with Gasteiger partial charge in [-0.05, 0) is 32.3 Å². The first-order valence-corrected chi connectivity index (χ1v) is 8.51. The smallest absolute Gasteiger partial charge is 0.435 e. The summed E-state index contributed by atoms with van der Waals surface area (Å²) in [5.74, 6) is 0. The Hall–Kier alpha value is -3.43. The van der Waals surface area contributed by atoms with Gasteiger partial charge in [-0.1, -0.05) is 54.6 Å². The second kappa shape index (κ2) is 5.55. The van der Waals surface area contributed by atoms with Crippen molar-refractivity contribution in [3.05, 3.63) is 60.2 Å². The van der Waals surface area contributed by atoms with Crippen LogP contribution >= 0.6 is 0 Å². The first-order valence-electron chi connectivity index (χ1n) is 8.51. The third kappa shape index (κ3) is 2.08. The summed E-state index contributed by atoms with van der Waals surface area (Å²) in [4.78, 5) is 0. The summed E-state index contributed by atoms with van der Waals surface area (Å²) in [6.07, 6.45) is -0.193. The molecular formula is C21H18N3O2+. The second-order valence-corrected chi connectivity index (χ2v) is 6.36. The molecule has 1 heterocycles. The van der Waals surface area contributed by atoms with Crippen molar-refractivity contribution in [2.75, 3.05) is 14.2 Å². The Morgan fingerprint density at radius 2 is 1.31 bits per heavy atom. The van der Waals surface area contributed by atoms with Gasteiger partial charge in [-0.3, -0.25) is 0 Å². The van der Waals surface area contributed by atoms with E-state index in [1.165, 1.54) is 32.3 Å². The lowest BCUT2D eigenvalue weighted by molar-refractivity contribution is 0.326. The van der Waals surface area contributed by atoms with Gasteiger partial charge in [0.1, 0.15) is 0 Å². The molecule has 2 N–H and O–H groups in total. The van der Waals surface area contributed by atoms with E-state index in [0.717, 1.165) is 5.56 Å². The fourth-order valence-electron chi connectivity index (χ4n) is 3.81. The summed E-state index contributed by atoms with van der Waals surface area (Å²) >= 11 is 0. The zero-order chi connectivity index (χ0) is 17.7. The van der Waals surface area contributed by atoms with E-state index in [1.807, 2.05) is 0 Å². The van der Waals surface area contributed by atoms with Gasteiger partial charge in [-0.15, -0.1) is 0 Å². The van der Waals surface area contributed by atoms with Crippen LogP contribution in [0, 0.1) is 0 Å². The Bertz CT molecular complexity index is 1170. The lowest BCUT2D eigenvalue weighted by atomic mass is 9.91. The summed E-state index contributed by atoms with van der Waals surface area (Å²) in [5, 5.41) is 14.1. The topological polar surface area (TPSA) is 56.6 Å². The van der Waals surface area contributed by atoms with Crippen LogP contribution in [0.1, 0.15) is 11.7 Å². The average molecular weight is 344 g/mol. The summed E-state index contributed by atoms with van der Waals surface area (Å²) < 4.78 is 14.8. The fraction of sp³-hybridized carbons (Fsp3) is 0.143. The molecule has 1 aliphatic heterocycles. The van der Waals surface area contributed by atoms with Crippen LogP contribution in [0.15, 0.2) is 54.6 Å². The van der Waals surface area contributed by atoms with E-state index in [0.29, 0.717) is 12.0 Å². The van der Waals surface area contributed by atoms with E-state index in [9.17, 15) is 0 Å². The third-order valence-electron chi connectivity index (χ3n) is 5.00. The van der Waals surface area contributed by atoms with Crippen LogP contribution in [0.25, 0.3) is 32.3 Å². The van der Waals surface area contributed by atoms with Crippen LogP contribution in [0.3, 0.4) is 0 Å². The quantitative estimate of drug-likeness (QED) is 0.412. The van der Waals surface area contributed by atoms with Crippen molar-refractivity contribution >= 4 is 44.4 Å². The number of hydrogen-bond donors (Lipinski definition) is 2. The molecule has 0 saturated carbocycles. The predicted octanol–water partition coefficient (Wildman–Crippen LogP) is 2.85. The van der Waals surface area contributed by atoms with Gasteiger partial charge < -0.3 is 9.47 Å². The van der Waals surface area contributed by atoms with Gasteiger partial charge in [0.05, 0.1) is 14.2 Å². The van der Waals surface area contributed by atoms with Crippen molar-refractivity contribution in [3.8, 4) is 0 Å². The van der Waals surface area contributed by atoms with E-state index in [-0.39, 0.29) is 6.17 Å². The minimum absolute atomic E-state index is 0.193. The minimum atomic E-state index is -0.193. The molecule has 0 atom stereocenters. The first-order chi connectivity index (χ1) is 12.8. The van der Waals surface area contributed by atoms with Gasteiger partial charge in [0.25, 0.3) is 0 Å². The van der Waals surface area contributed by atoms with Gasteiger partial charge in [-0.25, -0.2) is 10.6 Å². The van der Waals surface area contributed by atoms with E-state index in [4.69, 9.17) is 9.47 Å². The SMILES string of the molecule is COC1=[N+]=C(OC)NC(c2ccc3ccc4cccc5ccc2c3c45)N1. The molecule has 5 nitrogen and oxygen atoms in total. The molecule has 4 aromatic carbocycles. The Morgan fingerprint density at radius 3 is 1.96 bits per heavy atom. The molecule has 0 fully saturated rings. The van der Waals surface area contributed by atoms with Crippen LogP contribution in [0.5, 0.6) is 0 Å². The molecule has 1 aliphatic rings. The number of benzene rings is 4. The number of hydrogen-bond acceptors (Lipinski definition) is 4. The molecule has 0 aliphatic carbocycles. The van der Waals surface area contributed by atoms with Gasteiger partial charge in [0.15, 0.2) is 0 Å². The molecule has 0 unspecified atom stereocenters. The number of methoxy groups -OCH3 is 2. The number of ether oxygens (including phenoxy) is 2. The predicted molar refractivity (Wildman–Crippen MR) is 105 cm³/mol. The first kappa shape index (κ1) is 14.9. The molecule has 4 aromatic rings. The van der Waals surface area contributed by atoms with Gasteiger partial charge in [0, 0.05) is 5.56 Å². The number of nitrogens with one attached hydrogen (secondary N) is 2.